The molecule has 0 amide bonds. The highest BCUT2D eigenvalue weighted by Crippen LogP contribution is 2.35. The second-order valence-electron chi connectivity index (χ2n) is 6.18. The lowest BCUT2D eigenvalue weighted by atomic mass is 10.1. The van der Waals surface area contributed by atoms with Gasteiger partial charge in [-0.1, -0.05) is 52.8 Å². The number of nitrogens with zero attached hydrogens (tertiary/aromatic N) is 1. The van der Waals surface area contributed by atoms with Gasteiger partial charge in [-0.2, -0.15) is 0 Å². The van der Waals surface area contributed by atoms with E-state index in [1.54, 1.807) is 0 Å². The van der Waals surface area contributed by atoms with E-state index in [2.05, 4.69) is 10.3 Å². The van der Waals surface area contributed by atoms with E-state index in [4.69, 9.17) is 11.6 Å². The molecule has 3 aromatic rings. The van der Waals surface area contributed by atoms with Gasteiger partial charge in [-0.25, -0.2) is 21.8 Å². The van der Waals surface area contributed by atoms with E-state index in [9.17, 15) is 16.8 Å². The number of halogens is 1. The Labute approximate surface area is 173 Å². The van der Waals surface area contributed by atoms with Crippen LogP contribution in [0.15, 0.2) is 62.8 Å². The molecule has 1 aromatic heterocycles. The number of benzene rings is 2. The van der Waals surface area contributed by atoms with E-state index in [0.29, 0.717) is 11.6 Å². The molecule has 10 heteroatoms. The van der Waals surface area contributed by atoms with Gasteiger partial charge < -0.3 is 5.32 Å². The van der Waals surface area contributed by atoms with Crippen molar-refractivity contribution in [1.29, 1.82) is 0 Å². The van der Waals surface area contributed by atoms with Crippen LogP contribution in [0.3, 0.4) is 0 Å². The van der Waals surface area contributed by atoms with Crippen LogP contribution in [0.5, 0.6) is 0 Å². The minimum atomic E-state index is -4.02. The van der Waals surface area contributed by atoms with E-state index in [0.717, 1.165) is 28.7 Å². The van der Waals surface area contributed by atoms with Crippen LogP contribution in [-0.4, -0.2) is 28.1 Å². The van der Waals surface area contributed by atoms with Crippen LogP contribution in [0.1, 0.15) is 11.1 Å². The fourth-order valence-corrected chi connectivity index (χ4v) is 6.00. The smallest absolute Gasteiger partial charge is 0.226 e. The van der Waals surface area contributed by atoms with Gasteiger partial charge in [0, 0.05) is 17.8 Å². The summed E-state index contributed by atoms with van der Waals surface area (Å²) in [6.45, 7) is 2.30. The first-order valence-corrected chi connectivity index (χ1v) is 12.7. The van der Waals surface area contributed by atoms with Gasteiger partial charge in [0.1, 0.15) is 5.00 Å². The van der Waals surface area contributed by atoms with E-state index in [1.165, 1.54) is 24.3 Å². The van der Waals surface area contributed by atoms with Crippen LogP contribution in [0.25, 0.3) is 0 Å². The van der Waals surface area contributed by atoms with Gasteiger partial charge in [0.05, 0.1) is 4.90 Å². The quantitative estimate of drug-likeness (QED) is 0.603. The largest absolute Gasteiger partial charge is 0.370 e. The Morgan fingerprint density at radius 3 is 2.18 bits per heavy atom. The SMILES string of the molecule is Cc1ccc(CNc2sc(S(C)(=O)=O)nc2S(=O)(=O)c2ccc(Cl)cc2)cc1. The van der Waals surface area contributed by atoms with Crippen LogP contribution in [0, 0.1) is 6.92 Å². The van der Waals surface area contributed by atoms with Crippen molar-refractivity contribution in [3.8, 4) is 0 Å². The van der Waals surface area contributed by atoms with Crippen LogP contribution in [0.4, 0.5) is 5.00 Å². The molecule has 1 heterocycles. The number of aryl methyl sites for hydroxylation is 1. The Balaban J connectivity index is 2.02. The number of nitrogens with one attached hydrogen (secondary N) is 1. The summed E-state index contributed by atoms with van der Waals surface area (Å²) in [6.07, 6.45) is 0.994. The van der Waals surface area contributed by atoms with Gasteiger partial charge in [-0.05, 0) is 36.8 Å². The molecule has 1 N–H and O–H groups in total. The minimum absolute atomic E-state index is 0.0133. The Kier molecular flexibility index (Phi) is 5.81. The average Bonchev–Trinajstić information content (AvgIpc) is 3.07. The first-order valence-electron chi connectivity index (χ1n) is 8.08. The highest BCUT2D eigenvalue weighted by atomic mass is 35.5. The number of anilines is 1. The van der Waals surface area contributed by atoms with Crippen molar-refractivity contribution >= 4 is 47.6 Å². The zero-order chi connectivity index (χ0) is 20.5. The first kappa shape index (κ1) is 20.8. The zero-order valence-corrected chi connectivity index (χ0v) is 18.2. The third-order valence-electron chi connectivity index (χ3n) is 3.85. The summed E-state index contributed by atoms with van der Waals surface area (Å²) in [7, 11) is -7.68. The molecule has 0 unspecified atom stereocenters. The molecule has 3 rings (SSSR count). The summed E-state index contributed by atoms with van der Waals surface area (Å²) in [5.41, 5.74) is 2.03. The number of hydrogen-bond acceptors (Lipinski definition) is 7. The summed E-state index contributed by atoms with van der Waals surface area (Å²) in [4.78, 5) is 3.91. The summed E-state index contributed by atoms with van der Waals surface area (Å²) >= 11 is 6.63. The van der Waals surface area contributed by atoms with Crippen molar-refractivity contribution in [3.63, 3.8) is 0 Å². The van der Waals surface area contributed by atoms with E-state index >= 15 is 0 Å². The Morgan fingerprint density at radius 2 is 1.61 bits per heavy atom. The standard InChI is InChI=1S/C18H17ClN2O4S3/c1-12-3-5-13(6-4-12)11-20-16-17(21-18(26-16)27(2,22)23)28(24,25)15-9-7-14(19)8-10-15/h3-10,20H,11H2,1-2H3. The fraction of sp³-hybridized carbons (Fsp3) is 0.167. The van der Waals surface area contributed by atoms with E-state index < -0.39 is 19.7 Å². The zero-order valence-electron chi connectivity index (χ0n) is 15.0. The predicted octanol–water partition coefficient (Wildman–Crippen LogP) is 3.95. The highest BCUT2D eigenvalue weighted by Gasteiger charge is 2.29. The van der Waals surface area contributed by atoms with Crippen molar-refractivity contribution < 1.29 is 16.8 Å². The van der Waals surface area contributed by atoms with Gasteiger partial charge in [0.2, 0.25) is 24.0 Å². The van der Waals surface area contributed by atoms with Gasteiger partial charge >= 0.3 is 0 Å². The molecule has 0 bridgehead atoms. The topological polar surface area (TPSA) is 93.2 Å². The lowest BCUT2D eigenvalue weighted by Crippen LogP contribution is -2.07. The van der Waals surface area contributed by atoms with Gasteiger partial charge in [0.15, 0.2) is 5.03 Å². The number of aromatic nitrogens is 1. The second-order valence-corrected chi connectivity index (χ2v) is 11.7. The maximum absolute atomic E-state index is 13.0. The molecular weight excluding hydrogens is 440 g/mol. The predicted molar refractivity (Wildman–Crippen MR) is 111 cm³/mol. The molecule has 0 aliphatic heterocycles. The lowest BCUT2D eigenvalue weighted by molar-refractivity contribution is 0.591. The first-order chi connectivity index (χ1) is 13.1. The molecule has 0 aliphatic carbocycles. The Morgan fingerprint density at radius 1 is 1.00 bits per heavy atom. The highest BCUT2D eigenvalue weighted by molar-refractivity contribution is 7.93. The normalized spacial score (nSPS) is 12.1. The molecule has 2 aromatic carbocycles. The molecule has 0 saturated heterocycles. The van der Waals surface area contributed by atoms with Crippen molar-refractivity contribution in [2.24, 2.45) is 0 Å². The molecule has 0 saturated carbocycles. The minimum Gasteiger partial charge on any atom is -0.370 e. The van der Waals surface area contributed by atoms with Gasteiger partial charge in [-0.3, -0.25) is 0 Å². The Bertz CT molecular complexity index is 1200. The van der Waals surface area contributed by atoms with Crippen LogP contribution in [-0.2, 0) is 26.2 Å². The molecule has 0 spiro atoms. The van der Waals surface area contributed by atoms with Crippen LogP contribution < -0.4 is 5.32 Å². The Hall–Kier alpha value is -1.94. The molecule has 0 fully saturated rings. The molecule has 28 heavy (non-hydrogen) atoms. The third kappa shape index (κ3) is 4.54. The second kappa shape index (κ2) is 7.82. The maximum Gasteiger partial charge on any atom is 0.226 e. The van der Waals surface area contributed by atoms with Gasteiger partial charge in [0.25, 0.3) is 0 Å². The molecule has 148 valence electrons. The van der Waals surface area contributed by atoms with Crippen LogP contribution in [0.2, 0.25) is 5.02 Å². The summed E-state index contributed by atoms with van der Waals surface area (Å²) in [5.74, 6) is 0. The molecule has 6 nitrogen and oxygen atoms in total. The molecular formula is C18H17ClN2O4S3. The summed E-state index contributed by atoms with van der Waals surface area (Å²) < 4.78 is 49.7. The van der Waals surface area contributed by atoms with Crippen molar-refractivity contribution in [3.05, 3.63) is 64.7 Å². The average molecular weight is 457 g/mol. The number of hydrogen-bond donors (Lipinski definition) is 1. The maximum atomic E-state index is 13.0. The van der Waals surface area contributed by atoms with Gasteiger partial charge in [-0.15, -0.1) is 0 Å². The fourth-order valence-electron chi connectivity index (χ4n) is 2.35. The third-order valence-corrected chi connectivity index (χ3v) is 8.62. The monoisotopic (exact) mass is 456 g/mol. The van der Waals surface area contributed by atoms with E-state index in [-0.39, 0.29) is 19.3 Å². The van der Waals surface area contributed by atoms with Crippen molar-refractivity contribution in [2.75, 3.05) is 11.6 Å². The van der Waals surface area contributed by atoms with Crippen LogP contribution >= 0.6 is 22.9 Å². The molecule has 0 aliphatic rings. The van der Waals surface area contributed by atoms with Crippen molar-refractivity contribution in [1.82, 2.24) is 4.98 Å². The molecule has 0 atom stereocenters. The number of thiazole rings is 1. The summed E-state index contributed by atoms with van der Waals surface area (Å²) in [6, 6.07) is 13.3. The number of sulfone groups is 2. The lowest BCUT2D eigenvalue weighted by Gasteiger charge is -2.08. The van der Waals surface area contributed by atoms with Crippen molar-refractivity contribution in [2.45, 2.75) is 27.7 Å². The molecule has 0 radical (unpaired) electrons. The van der Waals surface area contributed by atoms with E-state index in [1.807, 2.05) is 31.2 Å². The number of rotatable bonds is 6. The summed E-state index contributed by atoms with van der Waals surface area (Å²) in [5, 5.41) is 3.27.